The van der Waals surface area contributed by atoms with Crippen LogP contribution in [0.3, 0.4) is 0 Å². The summed E-state index contributed by atoms with van der Waals surface area (Å²) in [4.78, 5) is 26.4. The highest BCUT2D eigenvalue weighted by molar-refractivity contribution is 7.89. The molecule has 2 aromatic rings. The average Bonchev–Trinajstić information content (AvgIpc) is 3.26. The average molecular weight is 451 g/mol. The van der Waals surface area contributed by atoms with Crippen LogP contribution in [-0.2, 0) is 26.2 Å². The predicted molar refractivity (Wildman–Crippen MR) is 113 cm³/mol. The molecular weight excluding hydrogens is 428 g/mol. The Labute approximate surface area is 181 Å². The van der Waals surface area contributed by atoms with Crippen LogP contribution in [0.1, 0.15) is 35.7 Å². The molecule has 1 aliphatic rings. The van der Waals surface area contributed by atoms with Gasteiger partial charge in [0.1, 0.15) is 12.6 Å². The first-order valence-corrected chi connectivity index (χ1v) is 11.4. The first-order chi connectivity index (χ1) is 14.3. The topological polar surface area (TPSA) is 92.8 Å². The van der Waals surface area contributed by atoms with Crippen molar-refractivity contribution < 1.29 is 22.7 Å². The molecule has 2 aromatic carbocycles. The third-order valence-corrected chi connectivity index (χ3v) is 6.59. The minimum atomic E-state index is -3.88. The number of halogens is 1. The standard InChI is InChI=1S/C21H23ClN2O5S/c1-15(23-30(27,28)19-10-8-18(22)9-11-19)21(26)29-14-16-4-6-17(7-5-16)20(25)24-12-2-3-13-24/h4-11,15,23H,2-3,12-14H2,1H3. The molecule has 1 aliphatic heterocycles. The van der Waals surface area contributed by atoms with Crippen molar-refractivity contribution in [3.8, 4) is 0 Å². The Bertz CT molecular complexity index is 1000. The zero-order valence-corrected chi connectivity index (χ0v) is 18.1. The first-order valence-electron chi connectivity index (χ1n) is 9.59. The third-order valence-electron chi connectivity index (χ3n) is 4.78. The summed E-state index contributed by atoms with van der Waals surface area (Å²) in [6.07, 6.45) is 2.06. The fraction of sp³-hybridized carbons (Fsp3) is 0.333. The third kappa shape index (κ3) is 5.59. The summed E-state index contributed by atoms with van der Waals surface area (Å²) in [5, 5.41) is 0.412. The molecule has 1 amide bonds. The first kappa shape index (κ1) is 22.3. The Morgan fingerprint density at radius 2 is 1.67 bits per heavy atom. The van der Waals surface area contributed by atoms with Crippen LogP contribution in [-0.4, -0.2) is 44.3 Å². The number of carbonyl (C=O) groups excluding carboxylic acids is 2. The van der Waals surface area contributed by atoms with Crippen molar-refractivity contribution in [1.82, 2.24) is 9.62 Å². The normalized spacial score (nSPS) is 15.1. The van der Waals surface area contributed by atoms with Crippen LogP contribution < -0.4 is 4.72 Å². The molecule has 0 radical (unpaired) electrons. The molecule has 0 spiro atoms. The van der Waals surface area contributed by atoms with Gasteiger partial charge in [0.2, 0.25) is 10.0 Å². The number of hydrogen-bond donors (Lipinski definition) is 1. The second-order valence-corrected chi connectivity index (χ2v) is 9.25. The van der Waals surface area contributed by atoms with E-state index in [0.717, 1.165) is 25.9 Å². The smallest absolute Gasteiger partial charge is 0.324 e. The largest absolute Gasteiger partial charge is 0.460 e. The zero-order valence-electron chi connectivity index (χ0n) is 16.5. The Balaban J connectivity index is 1.53. The van der Waals surface area contributed by atoms with Gasteiger partial charge in [0.15, 0.2) is 0 Å². The van der Waals surface area contributed by atoms with E-state index in [1.165, 1.54) is 31.2 Å². The highest BCUT2D eigenvalue weighted by Crippen LogP contribution is 2.16. The number of likely N-dealkylation sites (tertiary alicyclic amines) is 1. The molecule has 1 saturated heterocycles. The maximum atomic E-state index is 12.4. The van der Waals surface area contributed by atoms with Crippen LogP contribution in [0.2, 0.25) is 5.02 Å². The van der Waals surface area contributed by atoms with Gasteiger partial charge in [-0.1, -0.05) is 23.7 Å². The molecule has 3 rings (SSSR count). The van der Waals surface area contributed by atoms with Crippen molar-refractivity contribution >= 4 is 33.5 Å². The number of ether oxygens (including phenoxy) is 1. The van der Waals surface area contributed by atoms with E-state index in [1.807, 2.05) is 4.90 Å². The van der Waals surface area contributed by atoms with E-state index in [1.54, 1.807) is 24.3 Å². The number of nitrogens with zero attached hydrogens (tertiary/aromatic N) is 1. The fourth-order valence-electron chi connectivity index (χ4n) is 3.09. The molecule has 0 bridgehead atoms. The lowest BCUT2D eigenvalue weighted by molar-refractivity contribution is -0.146. The molecule has 160 valence electrons. The molecule has 0 saturated carbocycles. The van der Waals surface area contributed by atoms with Crippen molar-refractivity contribution in [2.24, 2.45) is 0 Å². The van der Waals surface area contributed by atoms with Crippen LogP contribution >= 0.6 is 11.6 Å². The maximum absolute atomic E-state index is 12.4. The molecule has 7 nitrogen and oxygen atoms in total. The zero-order chi connectivity index (χ0) is 21.7. The van der Waals surface area contributed by atoms with Crippen molar-refractivity contribution in [3.05, 3.63) is 64.7 Å². The van der Waals surface area contributed by atoms with Gasteiger partial charge < -0.3 is 9.64 Å². The van der Waals surface area contributed by atoms with E-state index in [9.17, 15) is 18.0 Å². The fourth-order valence-corrected chi connectivity index (χ4v) is 4.41. The van der Waals surface area contributed by atoms with Gasteiger partial charge in [0.25, 0.3) is 5.91 Å². The number of hydrogen-bond acceptors (Lipinski definition) is 5. The molecule has 0 aliphatic carbocycles. The van der Waals surface area contributed by atoms with Crippen LogP contribution in [0.15, 0.2) is 53.4 Å². The molecule has 1 atom stereocenters. The van der Waals surface area contributed by atoms with Crippen molar-refractivity contribution in [1.29, 1.82) is 0 Å². The van der Waals surface area contributed by atoms with Crippen molar-refractivity contribution in [3.63, 3.8) is 0 Å². The molecule has 1 heterocycles. The summed E-state index contributed by atoms with van der Waals surface area (Å²) in [5.41, 5.74) is 1.30. The number of carbonyl (C=O) groups is 2. The lowest BCUT2D eigenvalue weighted by Crippen LogP contribution is -2.39. The number of esters is 1. The Morgan fingerprint density at radius 1 is 1.07 bits per heavy atom. The minimum Gasteiger partial charge on any atom is -0.460 e. The maximum Gasteiger partial charge on any atom is 0.324 e. The predicted octanol–water partition coefficient (Wildman–Crippen LogP) is 2.99. The molecule has 1 fully saturated rings. The number of amides is 1. The van der Waals surface area contributed by atoms with Gasteiger partial charge in [0, 0.05) is 23.7 Å². The SMILES string of the molecule is CC(NS(=O)(=O)c1ccc(Cl)cc1)C(=O)OCc1ccc(C(=O)N2CCCC2)cc1. The Hall–Kier alpha value is -2.42. The second-order valence-electron chi connectivity index (χ2n) is 7.10. The summed E-state index contributed by atoms with van der Waals surface area (Å²) in [5.74, 6) is -0.703. The van der Waals surface area contributed by atoms with Gasteiger partial charge >= 0.3 is 5.97 Å². The van der Waals surface area contributed by atoms with E-state index in [2.05, 4.69) is 4.72 Å². The number of rotatable bonds is 7. The quantitative estimate of drug-likeness (QED) is 0.654. The van der Waals surface area contributed by atoms with E-state index in [-0.39, 0.29) is 17.4 Å². The van der Waals surface area contributed by atoms with E-state index < -0.39 is 22.0 Å². The highest BCUT2D eigenvalue weighted by atomic mass is 35.5. The van der Waals surface area contributed by atoms with Crippen LogP contribution in [0.4, 0.5) is 0 Å². The van der Waals surface area contributed by atoms with Crippen LogP contribution in [0, 0.1) is 0 Å². The number of sulfonamides is 1. The number of nitrogens with one attached hydrogen (secondary N) is 1. The molecule has 30 heavy (non-hydrogen) atoms. The summed E-state index contributed by atoms with van der Waals surface area (Å²) in [7, 11) is -3.88. The van der Waals surface area contributed by atoms with E-state index >= 15 is 0 Å². The van der Waals surface area contributed by atoms with Gasteiger partial charge in [-0.25, -0.2) is 8.42 Å². The minimum absolute atomic E-state index is 0.00118. The lowest BCUT2D eigenvalue weighted by atomic mass is 10.1. The molecule has 1 unspecified atom stereocenters. The summed E-state index contributed by atoms with van der Waals surface area (Å²) >= 11 is 5.77. The van der Waals surface area contributed by atoms with Crippen LogP contribution in [0.5, 0.6) is 0 Å². The Kier molecular flexibility index (Phi) is 7.12. The van der Waals surface area contributed by atoms with E-state index in [0.29, 0.717) is 16.1 Å². The van der Waals surface area contributed by atoms with Gasteiger partial charge in [-0.2, -0.15) is 4.72 Å². The summed E-state index contributed by atoms with van der Waals surface area (Å²) in [6, 6.07) is 11.4. The van der Waals surface area contributed by atoms with Gasteiger partial charge in [-0.3, -0.25) is 9.59 Å². The molecule has 1 N–H and O–H groups in total. The monoisotopic (exact) mass is 450 g/mol. The molecule has 9 heteroatoms. The Morgan fingerprint density at radius 3 is 2.27 bits per heavy atom. The molecular formula is C21H23ClN2O5S. The second kappa shape index (κ2) is 9.59. The van der Waals surface area contributed by atoms with Gasteiger partial charge in [-0.15, -0.1) is 0 Å². The van der Waals surface area contributed by atoms with Gasteiger partial charge in [0.05, 0.1) is 4.90 Å². The van der Waals surface area contributed by atoms with E-state index in [4.69, 9.17) is 16.3 Å². The van der Waals surface area contributed by atoms with Crippen molar-refractivity contribution in [2.75, 3.05) is 13.1 Å². The van der Waals surface area contributed by atoms with Crippen LogP contribution in [0.25, 0.3) is 0 Å². The highest BCUT2D eigenvalue weighted by Gasteiger charge is 2.23. The number of benzene rings is 2. The lowest BCUT2D eigenvalue weighted by Gasteiger charge is -2.16. The summed E-state index contributed by atoms with van der Waals surface area (Å²) < 4.78 is 32.2. The van der Waals surface area contributed by atoms with Gasteiger partial charge in [-0.05, 0) is 61.7 Å². The molecule has 0 aromatic heterocycles. The van der Waals surface area contributed by atoms with Crippen molar-refractivity contribution in [2.45, 2.75) is 37.3 Å². The summed E-state index contributed by atoms with van der Waals surface area (Å²) in [6.45, 7) is 2.95.